The zero-order valence-corrected chi connectivity index (χ0v) is 11.3. The number of carbonyl (C=O) groups is 1. The van der Waals surface area contributed by atoms with Crippen molar-refractivity contribution in [3.05, 3.63) is 0 Å². The van der Waals surface area contributed by atoms with Gasteiger partial charge in [0, 0.05) is 0 Å². The van der Waals surface area contributed by atoms with E-state index in [0.717, 1.165) is 0 Å². The van der Waals surface area contributed by atoms with Gasteiger partial charge in [0.1, 0.15) is 5.41 Å². The van der Waals surface area contributed by atoms with E-state index in [1.165, 1.54) is 13.8 Å². The lowest BCUT2D eigenvalue weighted by Gasteiger charge is -2.43. The Morgan fingerprint density at radius 1 is 1.47 bits per heavy atom. The van der Waals surface area contributed by atoms with Crippen LogP contribution in [0.1, 0.15) is 33.6 Å². The molecule has 6 heteroatoms. The first kappa shape index (κ1) is 14.4. The first-order valence-corrected chi connectivity index (χ1v) is 7.57. The van der Waals surface area contributed by atoms with Gasteiger partial charge in [0.2, 0.25) is 0 Å². The maximum absolute atomic E-state index is 12.0. The maximum atomic E-state index is 12.0. The lowest BCUT2D eigenvalue weighted by atomic mass is 9.72. The minimum atomic E-state index is -3.30. The summed E-state index contributed by atoms with van der Waals surface area (Å²) in [5.74, 6) is -0.872. The Kier molecular flexibility index (Phi) is 3.88. The molecule has 0 aromatic rings. The van der Waals surface area contributed by atoms with Crippen molar-refractivity contribution in [2.24, 2.45) is 5.41 Å². The van der Waals surface area contributed by atoms with Crippen LogP contribution in [0.4, 0.5) is 0 Å². The third-order valence-corrected chi connectivity index (χ3v) is 5.21. The van der Waals surface area contributed by atoms with E-state index in [2.05, 4.69) is 0 Å². The Bertz CT molecular complexity index is 393. The normalized spacial score (nSPS) is 28.7. The Morgan fingerprint density at radius 3 is 2.47 bits per heavy atom. The van der Waals surface area contributed by atoms with Gasteiger partial charge in [-0.25, -0.2) is 8.42 Å². The lowest BCUT2D eigenvalue weighted by molar-refractivity contribution is -0.170. The Labute approximate surface area is 102 Å². The minimum absolute atomic E-state index is 0.0736. The summed E-state index contributed by atoms with van der Waals surface area (Å²) in [5.41, 5.74) is -2.74. The SMILES string of the molecule is CCOC(=O)C1(C(C)(C)O)CCCS(=O)(=O)C1. The van der Waals surface area contributed by atoms with E-state index in [1.54, 1.807) is 6.92 Å². The fourth-order valence-electron chi connectivity index (χ4n) is 2.28. The predicted molar refractivity (Wildman–Crippen MR) is 63.3 cm³/mol. The van der Waals surface area contributed by atoms with Gasteiger partial charge >= 0.3 is 5.97 Å². The molecule has 0 spiro atoms. The molecule has 1 saturated heterocycles. The van der Waals surface area contributed by atoms with Crippen molar-refractivity contribution < 1.29 is 23.1 Å². The third-order valence-electron chi connectivity index (χ3n) is 3.36. The molecule has 1 heterocycles. The molecule has 1 unspecified atom stereocenters. The van der Waals surface area contributed by atoms with E-state index in [-0.39, 0.29) is 18.1 Å². The molecule has 1 N–H and O–H groups in total. The highest BCUT2D eigenvalue weighted by atomic mass is 32.2. The summed E-state index contributed by atoms with van der Waals surface area (Å²) in [6, 6.07) is 0. The van der Waals surface area contributed by atoms with Gasteiger partial charge in [-0.05, 0) is 33.6 Å². The second kappa shape index (κ2) is 4.57. The molecule has 0 aliphatic carbocycles. The Balaban J connectivity index is 3.16. The highest BCUT2D eigenvalue weighted by molar-refractivity contribution is 7.91. The summed E-state index contributed by atoms with van der Waals surface area (Å²) in [6.07, 6.45) is 0.722. The van der Waals surface area contributed by atoms with Gasteiger partial charge in [-0.15, -0.1) is 0 Å². The molecular weight excluding hydrogens is 244 g/mol. The molecule has 17 heavy (non-hydrogen) atoms. The molecular formula is C11H20O5S. The van der Waals surface area contributed by atoms with Crippen LogP contribution in [0.15, 0.2) is 0 Å². The van der Waals surface area contributed by atoms with E-state index in [1.807, 2.05) is 0 Å². The summed E-state index contributed by atoms with van der Waals surface area (Å²) in [4.78, 5) is 12.0. The molecule has 5 nitrogen and oxygen atoms in total. The quantitative estimate of drug-likeness (QED) is 0.751. The number of esters is 1. The molecule has 0 aromatic heterocycles. The number of carbonyl (C=O) groups excluding carboxylic acids is 1. The average Bonchev–Trinajstić information content (AvgIpc) is 2.14. The van der Waals surface area contributed by atoms with Gasteiger partial charge < -0.3 is 9.84 Å². The number of hydrogen-bond acceptors (Lipinski definition) is 5. The van der Waals surface area contributed by atoms with E-state index in [4.69, 9.17) is 4.74 Å². The van der Waals surface area contributed by atoms with Gasteiger partial charge in [0.25, 0.3) is 0 Å². The molecule has 1 aliphatic rings. The number of sulfone groups is 1. The molecule has 1 aliphatic heterocycles. The highest BCUT2D eigenvalue weighted by Crippen LogP contribution is 2.42. The minimum Gasteiger partial charge on any atom is -0.465 e. The number of aliphatic hydroxyl groups is 1. The number of hydrogen-bond donors (Lipinski definition) is 1. The van der Waals surface area contributed by atoms with Crippen LogP contribution in [0.3, 0.4) is 0 Å². The maximum Gasteiger partial charge on any atom is 0.316 e. The van der Waals surface area contributed by atoms with Crippen molar-refractivity contribution in [1.82, 2.24) is 0 Å². The fourth-order valence-corrected chi connectivity index (χ4v) is 4.37. The largest absolute Gasteiger partial charge is 0.465 e. The monoisotopic (exact) mass is 264 g/mol. The molecule has 1 fully saturated rings. The third kappa shape index (κ3) is 2.80. The zero-order valence-electron chi connectivity index (χ0n) is 10.5. The molecule has 0 amide bonds. The van der Waals surface area contributed by atoms with Crippen LogP contribution in [0.25, 0.3) is 0 Å². The van der Waals surface area contributed by atoms with E-state index >= 15 is 0 Å². The van der Waals surface area contributed by atoms with Crippen LogP contribution in [-0.4, -0.2) is 43.2 Å². The second-order valence-electron chi connectivity index (χ2n) is 5.06. The smallest absolute Gasteiger partial charge is 0.316 e. The molecule has 100 valence electrons. The van der Waals surface area contributed by atoms with E-state index in [9.17, 15) is 18.3 Å². The van der Waals surface area contributed by atoms with Crippen molar-refractivity contribution in [3.8, 4) is 0 Å². The summed E-state index contributed by atoms with van der Waals surface area (Å²) < 4.78 is 28.3. The van der Waals surface area contributed by atoms with E-state index in [0.29, 0.717) is 12.8 Å². The molecule has 0 radical (unpaired) electrons. The summed E-state index contributed by atoms with van der Waals surface area (Å²) in [7, 11) is -3.30. The van der Waals surface area contributed by atoms with Crippen LogP contribution in [-0.2, 0) is 19.4 Å². The second-order valence-corrected chi connectivity index (χ2v) is 7.24. The Hall–Kier alpha value is -0.620. The predicted octanol–water partition coefficient (Wildman–Crippen LogP) is 0.515. The van der Waals surface area contributed by atoms with Gasteiger partial charge in [0.15, 0.2) is 9.84 Å². The van der Waals surface area contributed by atoms with Crippen LogP contribution >= 0.6 is 0 Å². The Morgan fingerprint density at radius 2 is 2.06 bits per heavy atom. The van der Waals surface area contributed by atoms with E-state index < -0.39 is 26.8 Å². The molecule has 1 rings (SSSR count). The van der Waals surface area contributed by atoms with Gasteiger partial charge in [-0.1, -0.05) is 0 Å². The van der Waals surface area contributed by atoms with Crippen LogP contribution in [0, 0.1) is 5.41 Å². The average molecular weight is 264 g/mol. The summed E-state index contributed by atoms with van der Waals surface area (Å²) in [6.45, 7) is 4.76. The highest BCUT2D eigenvalue weighted by Gasteiger charge is 2.55. The number of ether oxygens (including phenoxy) is 1. The first-order chi connectivity index (χ1) is 7.65. The van der Waals surface area contributed by atoms with Crippen LogP contribution in [0.2, 0.25) is 0 Å². The van der Waals surface area contributed by atoms with Gasteiger partial charge in [0.05, 0.1) is 23.7 Å². The standard InChI is InChI=1S/C11H20O5S/c1-4-16-9(12)11(10(2,3)13)6-5-7-17(14,15)8-11/h13H,4-8H2,1-3H3. The molecule has 0 saturated carbocycles. The summed E-state index contributed by atoms with van der Waals surface area (Å²) >= 11 is 0. The van der Waals surface area contributed by atoms with Crippen molar-refractivity contribution in [3.63, 3.8) is 0 Å². The van der Waals surface area contributed by atoms with Crippen LogP contribution < -0.4 is 0 Å². The fraction of sp³-hybridized carbons (Fsp3) is 0.909. The van der Waals surface area contributed by atoms with Gasteiger partial charge in [-0.2, -0.15) is 0 Å². The topological polar surface area (TPSA) is 80.7 Å². The van der Waals surface area contributed by atoms with Crippen LogP contribution in [0.5, 0.6) is 0 Å². The zero-order chi connectivity index (χ0) is 13.3. The van der Waals surface area contributed by atoms with Crippen molar-refractivity contribution in [2.45, 2.75) is 39.2 Å². The van der Waals surface area contributed by atoms with Gasteiger partial charge in [-0.3, -0.25) is 4.79 Å². The first-order valence-electron chi connectivity index (χ1n) is 5.75. The molecule has 0 bridgehead atoms. The molecule has 1 atom stereocenters. The molecule has 0 aromatic carbocycles. The summed E-state index contributed by atoms with van der Waals surface area (Å²) in [5, 5.41) is 10.2. The van der Waals surface area contributed by atoms with Crippen molar-refractivity contribution in [1.29, 1.82) is 0 Å². The number of rotatable bonds is 3. The van der Waals surface area contributed by atoms with Crippen molar-refractivity contribution in [2.75, 3.05) is 18.1 Å². The lowest BCUT2D eigenvalue weighted by Crippen LogP contribution is -2.56. The van der Waals surface area contributed by atoms with Crippen molar-refractivity contribution >= 4 is 15.8 Å².